The van der Waals surface area contributed by atoms with Crippen molar-refractivity contribution < 1.29 is 14.6 Å². The molecule has 0 heterocycles. The number of carboxylic acids is 1. The molecule has 82 valence electrons. The van der Waals surface area contributed by atoms with Crippen LogP contribution in [0.1, 0.15) is 29.2 Å². The highest BCUT2D eigenvalue weighted by atomic mass is 16.5. The van der Waals surface area contributed by atoms with Crippen molar-refractivity contribution in [1.82, 2.24) is 0 Å². The highest BCUT2D eigenvalue weighted by Crippen LogP contribution is 2.22. The first-order valence-electron chi connectivity index (χ1n) is 4.85. The second kappa shape index (κ2) is 4.94. The normalized spacial score (nSPS) is 12.5. The van der Waals surface area contributed by atoms with Crippen LogP contribution in [-0.4, -0.2) is 18.2 Å². The molecule has 0 saturated heterocycles. The smallest absolute Gasteiger partial charge is 0.306 e. The quantitative estimate of drug-likeness (QED) is 0.826. The molecule has 0 fully saturated rings. The van der Waals surface area contributed by atoms with Crippen LogP contribution in [-0.2, 0) is 9.53 Å². The fourth-order valence-electron chi connectivity index (χ4n) is 1.69. The lowest BCUT2D eigenvalue weighted by molar-refractivity contribution is -0.139. The first-order valence-corrected chi connectivity index (χ1v) is 4.85. The molecule has 0 radical (unpaired) electrons. The van der Waals surface area contributed by atoms with Crippen LogP contribution in [0.25, 0.3) is 0 Å². The Balaban J connectivity index is 2.95. The van der Waals surface area contributed by atoms with E-state index in [0.29, 0.717) is 0 Å². The van der Waals surface area contributed by atoms with Gasteiger partial charge in [-0.25, -0.2) is 0 Å². The van der Waals surface area contributed by atoms with Gasteiger partial charge in [0, 0.05) is 7.11 Å². The molecule has 1 N–H and O–H groups in total. The van der Waals surface area contributed by atoms with Gasteiger partial charge in [-0.15, -0.1) is 0 Å². The molecule has 0 amide bonds. The Morgan fingerprint density at radius 2 is 1.87 bits per heavy atom. The predicted octanol–water partition coefficient (Wildman–Crippen LogP) is 2.47. The van der Waals surface area contributed by atoms with E-state index in [4.69, 9.17) is 9.84 Å². The molecule has 0 bridgehead atoms. The van der Waals surface area contributed by atoms with Crippen molar-refractivity contribution in [3.63, 3.8) is 0 Å². The molecule has 3 heteroatoms. The zero-order valence-electron chi connectivity index (χ0n) is 9.28. The van der Waals surface area contributed by atoms with E-state index in [1.165, 1.54) is 7.11 Å². The molecule has 1 rings (SSSR count). The monoisotopic (exact) mass is 208 g/mol. The summed E-state index contributed by atoms with van der Waals surface area (Å²) in [7, 11) is 1.53. The van der Waals surface area contributed by atoms with E-state index in [-0.39, 0.29) is 12.5 Å². The lowest BCUT2D eigenvalue weighted by Gasteiger charge is -2.14. The largest absolute Gasteiger partial charge is 0.481 e. The van der Waals surface area contributed by atoms with Crippen LogP contribution < -0.4 is 0 Å². The maximum absolute atomic E-state index is 10.6. The van der Waals surface area contributed by atoms with Gasteiger partial charge < -0.3 is 9.84 Å². The second-order valence-corrected chi connectivity index (χ2v) is 3.74. The summed E-state index contributed by atoms with van der Waals surface area (Å²) in [5, 5.41) is 8.73. The van der Waals surface area contributed by atoms with Crippen LogP contribution in [0.4, 0.5) is 0 Å². The Hall–Kier alpha value is -1.35. The van der Waals surface area contributed by atoms with Crippen LogP contribution in [0.5, 0.6) is 0 Å². The van der Waals surface area contributed by atoms with Crippen LogP contribution in [0.2, 0.25) is 0 Å². The Morgan fingerprint density at radius 3 is 2.27 bits per heavy atom. The minimum absolute atomic E-state index is 0.000602. The third kappa shape index (κ3) is 3.36. The van der Waals surface area contributed by atoms with Crippen LogP contribution in [0.15, 0.2) is 18.2 Å². The number of carbonyl (C=O) groups is 1. The van der Waals surface area contributed by atoms with E-state index < -0.39 is 5.97 Å². The Morgan fingerprint density at radius 1 is 1.33 bits per heavy atom. The van der Waals surface area contributed by atoms with E-state index in [1.807, 2.05) is 26.0 Å². The molecule has 0 aliphatic rings. The molecule has 1 aromatic rings. The molecule has 1 unspecified atom stereocenters. The summed E-state index contributed by atoms with van der Waals surface area (Å²) in [4.78, 5) is 10.6. The maximum atomic E-state index is 10.6. The van der Waals surface area contributed by atoms with Gasteiger partial charge in [-0.05, 0) is 19.4 Å². The number of aryl methyl sites for hydroxylation is 2. The number of methoxy groups -OCH3 is 1. The van der Waals surface area contributed by atoms with Crippen molar-refractivity contribution in [2.24, 2.45) is 0 Å². The molecule has 0 saturated carbocycles. The average molecular weight is 208 g/mol. The molecule has 15 heavy (non-hydrogen) atoms. The van der Waals surface area contributed by atoms with Crippen LogP contribution in [0, 0.1) is 13.8 Å². The van der Waals surface area contributed by atoms with Crippen molar-refractivity contribution in [3.05, 3.63) is 34.9 Å². The summed E-state index contributed by atoms with van der Waals surface area (Å²) < 4.78 is 5.18. The minimum atomic E-state index is -0.846. The SMILES string of the molecule is COC(CC(=O)O)c1cc(C)cc(C)c1. The van der Waals surface area contributed by atoms with E-state index >= 15 is 0 Å². The first kappa shape index (κ1) is 11.7. The number of aliphatic carboxylic acids is 1. The Kier molecular flexibility index (Phi) is 3.86. The molecule has 0 aromatic heterocycles. The van der Waals surface area contributed by atoms with E-state index in [1.54, 1.807) is 0 Å². The Bertz CT molecular complexity index is 338. The highest BCUT2D eigenvalue weighted by molar-refractivity contribution is 5.67. The molecule has 0 aliphatic heterocycles. The van der Waals surface area contributed by atoms with E-state index in [9.17, 15) is 4.79 Å². The molecule has 1 aromatic carbocycles. The number of carboxylic acid groups (broad SMARTS) is 1. The van der Waals surface area contributed by atoms with Crippen LogP contribution >= 0.6 is 0 Å². The molecular formula is C12H16O3. The van der Waals surface area contributed by atoms with Crippen molar-refractivity contribution >= 4 is 5.97 Å². The van der Waals surface area contributed by atoms with Gasteiger partial charge in [-0.3, -0.25) is 4.79 Å². The summed E-state index contributed by atoms with van der Waals surface area (Å²) in [5.74, 6) is -0.846. The van der Waals surface area contributed by atoms with Crippen molar-refractivity contribution in [2.45, 2.75) is 26.4 Å². The summed E-state index contributed by atoms with van der Waals surface area (Å²) in [6.07, 6.45) is -0.361. The number of hydrogen-bond acceptors (Lipinski definition) is 2. The van der Waals surface area contributed by atoms with Crippen molar-refractivity contribution in [1.29, 1.82) is 0 Å². The molecule has 1 atom stereocenters. The molecule has 3 nitrogen and oxygen atoms in total. The maximum Gasteiger partial charge on any atom is 0.306 e. The molecule has 0 spiro atoms. The highest BCUT2D eigenvalue weighted by Gasteiger charge is 2.14. The van der Waals surface area contributed by atoms with Gasteiger partial charge in [-0.2, -0.15) is 0 Å². The predicted molar refractivity (Wildman–Crippen MR) is 57.9 cm³/mol. The summed E-state index contributed by atoms with van der Waals surface area (Å²) in [5.41, 5.74) is 3.17. The standard InChI is InChI=1S/C12H16O3/c1-8-4-9(2)6-10(5-8)11(15-3)7-12(13)14/h4-6,11H,7H2,1-3H3,(H,13,14). The number of hydrogen-bond donors (Lipinski definition) is 1. The lowest BCUT2D eigenvalue weighted by atomic mass is 10.0. The summed E-state index contributed by atoms with van der Waals surface area (Å²) >= 11 is 0. The van der Waals surface area contributed by atoms with Gasteiger partial charge in [0.15, 0.2) is 0 Å². The zero-order chi connectivity index (χ0) is 11.4. The summed E-state index contributed by atoms with van der Waals surface area (Å²) in [6.45, 7) is 3.98. The topological polar surface area (TPSA) is 46.5 Å². The third-order valence-electron chi connectivity index (χ3n) is 2.26. The number of rotatable bonds is 4. The van der Waals surface area contributed by atoms with Crippen molar-refractivity contribution in [3.8, 4) is 0 Å². The Labute approximate surface area is 89.7 Å². The van der Waals surface area contributed by atoms with Crippen LogP contribution in [0.3, 0.4) is 0 Å². The zero-order valence-corrected chi connectivity index (χ0v) is 9.28. The fourth-order valence-corrected chi connectivity index (χ4v) is 1.69. The average Bonchev–Trinajstić information content (AvgIpc) is 2.12. The minimum Gasteiger partial charge on any atom is -0.481 e. The van der Waals surface area contributed by atoms with Crippen molar-refractivity contribution in [2.75, 3.05) is 7.11 Å². The summed E-state index contributed by atoms with van der Waals surface area (Å²) in [6, 6.07) is 5.98. The van der Waals surface area contributed by atoms with Gasteiger partial charge >= 0.3 is 5.97 Å². The molecule has 0 aliphatic carbocycles. The lowest BCUT2D eigenvalue weighted by Crippen LogP contribution is -2.08. The van der Waals surface area contributed by atoms with Gasteiger partial charge in [0.1, 0.15) is 0 Å². The number of ether oxygens (including phenoxy) is 1. The van der Waals surface area contributed by atoms with E-state index in [2.05, 4.69) is 6.07 Å². The molecular weight excluding hydrogens is 192 g/mol. The van der Waals surface area contributed by atoms with Gasteiger partial charge in [0.05, 0.1) is 12.5 Å². The van der Waals surface area contributed by atoms with E-state index in [0.717, 1.165) is 16.7 Å². The third-order valence-corrected chi connectivity index (χ3v) is 2.26. The second-order valence-electron chi connectivity index (χ2n) is 3.74. The fraction of sp³-hybridized carbons (Fsp3) is 0.417. The van der Waals surface area contributed by atoms with Gasteiger partial charge in [0.2, 0.25) is 0 Å². The van der Waals surface area contributed by atoms with Gasteiger partial charge in [-0.1, -0.05) is 29.3 Å². The number of benzene rings is 1. The first-order chi connectivity index (χ1) is 7.02. The van der Waals surface area contributed by atoms with Gasteiger partial charge in [0.25, 0.3) is 0 Å².